The average Bonchev–Trinajstić information content (AvgIpc) is 2.20. The number of rotatable bonds is 10. The molecule has 0 spiro atoms. The third-order valence-electron chi connectivity index (χ3n) is 2.56. The van der Waals surface area contributed by atoms with Crippen molar-refractivity contribution in [2.24, 2.45) is 11.7 Å². The van der Waals surface area contributed by atoms with Crippen LogP contribution in [0.1, 0.15) is 33.1 Å². The molecule has 0 aliphatic heterocycles. The number of methoxy groups -OCH3 is 1. The third-order valence-corrected chi connectivity index (χ3v) is 2.56. The van der Waals surface area contributed by atoms with Gasteiger partial charge in [0.2, 0.25) is 0 Å². The lowest BCUT2D eigenvalue weighted by Gasteiger charge is -2.22. The van der Waals surface area contributed by atoms with E-state index < -0.39 is 0 Å². The molecule has 0 aromatic rings. The largest absolute Gasteiger partial charge is 0.388 e. The number of nitrogens with zero attached hydrogens (tertiary/aromatic N) is 1. The molecular weight excluding hydrogens is 202 g/mol. The molecule has 3 N–H and O–H groups in total. The molecule has 0 heterocycles. The zero-order chi connectivity index (χ0) is 12.4. The van der Waals surface area contributed by atoms with Crippen LogP contribution in [0, 0.1) is 11.3 Å². The first kappa shape index (κ1) is 15.4. The molecule has 0 aromatic carbocycles. The number of amidine groups is 1. The number of ether oxygens (including phenoxy) is 1. The zero-order valence-electron chi connectivity index (χ0n) is 11.0. The maximum absolute atomic E-state index is 7.23. The SMILES string of the molecule is COCCN(CCCC(C)C)CCC(=N)N. The van der Waals surface area contributed by atoms with Crippen LogP contribution in [0.15, 0.2) is 0 Å². The maximum Gasteiger partial charge on any atom is 0.0918 e. The first-order valence-corrected chi connectivity index (χ1v) is 6.10. The van der Waals surface area contributed by atoms with E-state index in [1.54, 1.807) is 7.11 Å². The van der Waals surface area contributed by atoms with Crippen molar-refractivity contribution in [3.63, 3.8) is 0 Å². The monoisotopic (exact) mass is 229 g/mol. The van der Waals surface area contributed by atoms with Crippen LogP contribution in [0.5, 0.6) is 0 Å². The van der Waals surface area contributed by atoms with E-state index in [0.29, 0.717) is 6.42 Å². The summed E-state index contributed by atoms with van der Waals surface area (Å²) in [6.07, 6.45) is 3.12. The zero-order valence-corrected chi connectivity index (χ0v) is 11.0. The van der Waals surface area contributed by atoms with Crippen LogP contribution in [0.4, 0.5) is 0 Å². The van der Waals surface area contributed by atoms with E-state index in [2.05, 4.69) is 18.7 Å². The summed E-state index contributed by atoms with van der Waals surface area (Å²) < 4.78 is 5.08. The number of nitrogens with one attached hydrogen (secondary N) is 1. The lowest BCUT2D eigenvalue weighted by atomic mass is 10.1. The lowest BCUT2D eigenvalue weighted by Crippen LogP contribution is -2.32. The van der Waals surface area contributed by atoms with Crippen molar-refractivity contribution in [2.45, 2.75) is 33.1 Å². The van der Waals surface area contributed by atoms with Gasteiger partial charge in [-0.3, -0.25) is 5.41 Å². The summed E-state index contributed by atoms with van der Waals surface area (Å²) in [6, 6.07) is 0. The van der Waals surface area contributed by atoms with Crippen molar-refractivity contribution in [3.8, 4) is 0 Å². The smallest absolute Gasteiger partial charge is 0.0918 e. The Labute approximate surface area is 99.7 Å². The second-order valence-corrected chi connectivity index (χ2v) is 4.65. The molecule has 0 aliphatic rings. The third kappa shape index (κ3) is 9.93. The molecule has 0 aliphatic carbocycles. The van der Waals surface area contributed by atoms with E-state index in [9.17, 15) is 0 Å². The Morgan fingerprint density at radius 1 is 1.31 bits per heavy atom. The number of hydrogen-bond donors (Lipinski definition) is 2. The summed E-state index contributed by atoms with van der Waals surface area (Å²) in [5, 5.41) is 7.23. The van der Waals surface area contributed by atoms with Crippen molar-refractivity contribution in [3.05, 3.63) is 0 Å². The van der Waals surface area contributed by atoms with Crippen molar-refractivity contribution >= 4 is 5.84 Å². The van der Waals surface area contributed by atoms with Crippen LogP contribution in [-0.2, 0) is 4.74 Å². The lowest BCUT2D eigenvalue weighted by molar-refractivity contribution is 0.147. The summed E-state index contributed by atoms with van der Waals surface area (Å²) in [7, 11) is 1.72. The van der Waals surface area contributed by atoms with Gasteiger partial charge in [-0.05, 0) is 25.3 Å². The van der Waals surface area contributed by atoms with Gasteiger partial charge in [-0.25, -0.2) is 0 Å². The molecule has 0 bridgehead atoms. The van der Waals surface area contributed by atoms with Crippen molar-refractivity contribution in [1.29, 1.82) is 5.41 Å². The molecule has 0 saturated carbocycles. The Kier molecular flexibility index (Phi) is 9.24. The van der Waals surface area contributed by atoms with Gasteiger partial charge in [-0.15, -0.1) is 0 Å². The summed E-state index contributed by atoms with van der Waals surface area (Å²) in [5.74, 6) is 1.03. The van der Waals surface area contributed by atoms with Gasteiger partial charge in [-0.1, -0.05) is 13.8 Å². The van der Waals surface area contributed by atoms with Crippen LogP contribution in [-0.4, -0.2) is 44.1 Å². The molecule has 4 nitrogen and oxygen atoms in total. The summed E-state index contributed by atoms with van der Waals surface area (Å²) in [6.45, 7) is 8.12. The predicted molar refractivity (Wildman–Crippen MR) is 68.9 cm³/mol. The molecule has 0 aromatic heterocycles. The highest BCUT2D eigenvalue weighted by molar-refractivity contribution is 5.76. The van der Waals surface area contributed by atoms with Crippen LogP contribution in [0.2, 0.25) is 0 Å². The summed E-state index contributed by atoms with van der Waals surface area (Å²) in [4.78, 5) is 2.33. The minimum atomic E-state index is 0.270. The van der Waals surface area contributed by atoms with Gasteiger partial charge >= 0.3 is 0 Å². The van der Waals surface area contributed by atoms with Gasteiger partial charge in [0.25, 0.3) is 0 Å². The molecule has 0 rings (SSSR count). The first-order chi connectivity index (χ1) is 7.56. The molecule has 16 heavy (non-hydrogen) atoms. The molecule has 0 atom stereocenters. The van der Waals surface area contributed by atoms with E-state index >= 15 is 0 Å². The van der Waals surface area contributed by atoms with E-state index in [-0.39, 0.29) is 5.84 Å². The van der Waals surface area contributed by atoms with Crippen LogP contribution in [0.25, 0.3) is 0 Å². The number of nitrogens with two attached hydrogens (primary N) is 1. The Morgan fingerprint density at radius 2 is 2.00 bits per heavy atom. The van der Waals surface area contributed by atoms with Gasteiger partial charge in [0.05, 0.1) is 12.4 Å². The predicted octanol–water partition coefficient (Wildman–Crippen LogP) is 1.70. The molecule has 0 fully saturated rings. The molecule has 0 amide bonds. The fourth-order valence-corrected chi connectivity index (χ4v) is 1.56. The van der Waals surface area contributed by atoms with Crippen molar-refractivity contribution in [2.75, 3.05) is 33.4 Å². The van der Waals surface area contributed by atoms with Gasteiger partial charge in [0, 0.05) is 26.6 Å². The maximum atomic E-state index is 7.23. The highest BCUT2D eigenvalue weighted by Crippen LogP contribution is 2.05. The van der Waals surface area contributed by atoms with E-state index in [1.165, 1.54) is 12.8 Å². The minimum absolute atomic E-state index is 0.270. The molecule has 0 radical (unpaired) electrons. The standard InChI is InChI=1S/C12H27N3O/c1-11(2)5-4-7-15(9-10-16-3)8-6-12(13)14/h11H,4-10H2,1-3H3,(H3,13,14). The van der Waals surface area contributed by atoms with Crippen LogP contribution >= 0.6 is 0 Å². The average molecular weight is 229 g/mol. The second-order valence-electron chi connectivity index (χ2n) is 4.65. The molecule has 0 saturated heterocycles. The minimum Gasteiger partial charge on any atom is -0.388 e. The van der Waals surface area contributed by atoms with E-state index in [1.807, 2.05) is 0 Å². The number of hydrogen-bond acceptors (Lipinski definition) is 3. The topological polar surface area (TPSA) is 62.3 Å². The Morgan fingerprint density at radius 3 is 2.50 bits per heavy atom. The highest BCUT2D eigenvalue weighted by Gasteiger charge is 2.05. The quantitative estimate of drug-likeness (QED) is 0.443. The Bertz CT molecular complexity index is 183. The van der Waals surface area contributed by atoms with Gasteiger partial charge in [-0.2, -0.15) is 0 Å². The van der Waals surface area contributed by atoms with Gasteiger partial charge in [0.15, 0.2) is 0 Å². The Balaban J connectivity index is 3.75. The normalized spacial score (nSPS) is 11.3. The summed E-state index contributed by atoms with van der Waals surface area (Å²) >= 11 is 0. The Hall–Kier alpha value is -0.610. The van der Waals surface area contributed by atoms with Crippen molar-refractivity contribution < 1.29 is 4.74 Å². The van der Waals surface area contributed by atoms with Crippen LogP contribution < -0.4 is 5.73 Å². The van der Waals surface area contributed by atoms with Gasteiger partial charge < -0.3 is 15.4 Å². The van der Waals surface area contributed by atoms with E-state index in [0.717, 1.165) is 32.2 Å². The fraction of sp³-hybridized carbons (Fsp3) is 0.917. The molecule has 4 heteroatoms. The molecular formula is C12H27N3O. The first-order valence-electron chi connectivity index (χ1n) is 6.10. The fourth-order valence-electron chi connectivity index (χ4n) is 1.56. The molecule has 96 valence electrons. The second kappa shape index (κ2) is 9.60. The van der Waals surface area contributed by atoms with Crippen molar-refractivity contribution in [1.82, 2.24) is 4.90 Å². The van der Waals surface area contributed by atoms with Crippen LogP contribution in [0.3, 0.4) is 0 Å². The molecule has 0 unspecified atom stereocenters. The highest BCUT2D eigenvalue weighted by atomic mass is 16.5. The van der Waals surface area contributed by atoms with Gasteiger partial charge in [0.1, 0.15) is 0 Å². The summed E-state index contributed by atoms with van der Waals surface area (Å²) in [5.41, 5.74) is 5.37. The van der Waals surface area contributed by atoms with E-state index in [4.69, 9.17) is 15.9 Å².